The van der Waals surface area contributed by atoms with Crippen molar-refractivity contribution in [3.05, 3.63) is 40.1 Å². The van der Waals surface area contributed by atoms with E-state index in [4.69, 9.17) is 0 Å². The number of hydrogen-bond acceptors (Lipinski definition) is 3. The minimum Gasteiger partial charge on any atom is -0.329 e. The second-order valence-corrected chi connectivity index (χ2v) is 3.85. The lowest BCUT2D eigenvalue weighted by Gasteiger charge is -2.05. The molecule has 0 aliphatic rings. The molecule has 0 unspecified atom stereocenters. The molecule has 0 fully saturated rings. The SMILES string of the molecule is Cc1ccc2nc(=O)n3nc[nH]c3c2c1C. The van der Waals surface area contributed by atoms with Crippen molar-refractivity contribution >= 4 is 16.6 Å². The molecule has 1 N–H and O–H groups in total. The van der Waals surface area contributed by atoms with Crippen LogP contribution in [0.5, 0.6) is 0 Å². The summed E-state index contributed by atoms with van der Waals surface area (Å²) in [7, 11) is 0. The van der Waals surface area contributed by atoms with E-state index in [1.165, 1.54) is 16.4 Å². The lowest BCUT2D eigenvalue weighted by Crippen LogP contribution is -2.17. The number of rotatable bonds is 0. The minimum absolute atomic E-state index is 0.355. The van der Waals surface area contributed by atoms with Crippen molar-refractivity contribution in [2.24, 2.45) is 0 Å². The second-order valence-electron chi connectivity index (χ2n) is 3.85. The lowest BCUT2D eigenvalue weighted by atomic mass is 10.1. The molecule has 80 valence electrons. The largest absolute Gasteiger partial charge is 0.370 e. The van der Waals surface area contributed by atoms with Crippen LogP contribution in [0.25, 0.3) is 16.6 Å². The third-order valence-electron chi connectivity index (χ3n) is 2.93. The summed E-state index contributed by atoms with van der Waals surface area (Å²) in [6, 6.07) is 3.83. The van der Waals surface area contributed by atoms with Crippen molar-refractivity contribution in [3.63, 3.8) is 0 Å². The van der Waals surface area contributed by atoms with Gasteiger partial charge >= 0.3 is 5.69 Å². The summed E-state index contributed by atoms with van der Waals surface area (Å²) in [5.41, 5.74) is 3.34. The van der Waals surface area contributed by atoms with Gasteiger partial charge in [-0.25, -0.2) is 4.79 Å². The third kappa shape index (κ3) is 1.02. The molecule has 0 bridgehead atoms. The minimum atomic E-state index is -0.355. The molecule has 0 saturated carbocycles. The topological polar surface area (TPSA) is 63.1 Å². The number of nitrogens with zero attached hydrogens (tertiary/aromatic N) is 3. The number of fused-ring (bicyclic) bond motifs is 3. The molecule has 16 heavy (non-hydrogen) atoms. The maximum atomic E-state index is 11.6. The number of aromatic nitrogens is 4. The van der Waals surface area contributed by atoms with Gasteiger partial charge in [-0.1, -0.05) is 6.07 Å². The van der Waals surface area contributed by atoms with E-state index in [2.05, 4.69) is 15.1 Å². The third-order valence-corrected chi connectivity index (χ3v) is 2.93. The maximum Gasteiger partial charge on any atom is 0.370 e. The number of aryl methyl sites for hydroxylation is 2. The number of benzene rings is 1. The Morgan fingerprint density at radius 2 is 2.12 bits per heavy atom. The Morgan fingerprint density at radius 1 is 1.31 bits per heavy atom. The first-order valence-corrected chi connectivity index (χ1v) is 5.01. The smallest absolute Gasteiger partial charge is 0.329 e. The average molecular weight is 214 g/mol. The zero-order valence-corrected chi connectivity index (χ0v) is 8.98. The van der Waals surface area contributed by atoms with Gasteiger partial charge in [-0.3, -0.25) is 0 Å². The van der Waals surface area contributed by atoms with E-state index < -0.39 is 0 Å². The van der Waals surface area contributed by atoms with E-state index in [9.17, 15) is 4.79 Å². The summed E-state index contributed by atoms with van der Waals surface area (Å²) in [4.78, 5) is 18.6. The van der Waals surface area contributed by atoms with Crippen LogP contribution in [0.15, 0.2) is 23.3 Å². The quantitative estimate of drug-likeness (QED) is 0.611. The number of hydrogen-bond donors (Lipinski definition) is 1. The molecule has 0 amide bonds. The maximum absolute atomic E-state index is 11.6. The molecule has 0 aliphatic heterocycles. The molecular formula is C11H10N4O. The van der Waals surface area contributed by atoms with Crippen LogP contribution in [-0.2, 0) is 0 Å². The number of H-pyrrole nitrogens is 1. The molecule has 3 rings (SSSR count). The Kier molecular flexibility index (Phi) is 1.65. The van der Waals surface area contributed by atoms with Gasteiger partial charge in [0.15, 0.2) is 0 Å². The van der Waals surface area contributed by atoms with Crippen molar-refractivity contribution < 1.29 is 0 Å². The normalized spacial score (nSPS) is 11.4. The summed E-state index contributed by atoms with van der Waals surface area (Å²) >= 11 is 0. The highest BCUT2D eigenvalue weighted by atomic mass is 16.1. The highest BCUT2D eigenvalue weighted by Crippen LogP contribution is 2.21. The van der Waals surface area contributed by atoms with E-state index in [1.807, 2.05) is 26.0 Å². The highest BCUT2D eigenvalue weighted by molar-refractivity contribution is 5.94. The van der Waals surface area contributed by atoms with Crippen molar-refractivity contribution in [1.29, 1.82) is 0 Å². The van der Waals surface area contributed by atoms with Crippen LogP contribution >= 0.6 is 0 Å². The molecule has 0 aliphatic carbocycles. The highest BCUT2D eigenvalue weighted by Gasteiger charge is 2.09. The van der Waals surface area contributed by atoms with Gasteiger partial charge in [0, 0.05) is 5.39 Å². The summed E-state index contributed by atoms with van der Waals surface area (Å²) in [6.07, 6.45) is 1.50. The predicted molar refractivity (Wildman–Crippen MR) is 60.6 cm³/mol. The van der Waals surface area contributed by atoms with Gasteiger partial charge in [0.25, 0.3) is 0 Å². The van der Waals surface area contributed by atoms with Crippen molar-refractivity contribution in [2.75, 3.05) is 0 Å². The molecule has 2 aromatic heterocycles. The fourth-order valence-electron chi connectivity index (χ4n) is 1.93. The Hall–Kier alpha value is -2.17. The van der Waals surface area contributed by atoms with Crippen LogP contribution < -0.4 is 5.69 Å². The van der Waals surface area contributed by atoms with Crippen molar-refractivity contribution in [3.8, 4) is 0 Å². The summed E-state index contributed by atoms with van der Waals surface area (Å²) < 4.78 is 1.29. The Bertz CT molecular complexity index is 754. The van der Waals surface area contributed by atoms with Gasteiger partial charge in [-0.15, -0.1) is 0 Å². The van der Waals surface area contributed by atoms with Crippen LogP contribution in [0.3, 0.4) is 0 Å². The van der Waals surface area contributed by atoms with Gasteiger partial charge in [0.05, 0.1) is 5.52 Å². The van der Waals surface area contributed by atoms with Gasteiger partial charge in [0.2, 0.25) is 0 Å². The number of nitrogens with one attached hydrogen (secondary N) is 1. The van der Waals surface area contributed by atoms with Crippen molar-refractivity contribution in [1.82, 2.24) is 19.6 Å². The van der Waals surface area contributed by atoms with Gasteiger partial charge in [-0.05, 0) is 31.0 Å². The molecular weight excluding hydrogens is 204 g/mol. The fraction of sp³-hybridized carbons (Fsp3) is 0.182. The summed E-state index contributed by atoms with van der Waals surface area (Å²) in [6.45, 7) is 4.05. The Balaban J connectivity index is 2.72. The average Bonchev–Trinajstić information content (AvgIpc) is 2.73. The monoisotopic (exact) mass is 214 g/mol. The van der Waals surface area contributed by atoms with Gasteiger partial charge < -0.3 is 4.98 Å². The van der Waals surface area contributed by atoms with Gasteiger partial charge in [-0.2, -0.15) is 14.6 Å². The molecule has 0 atom stereocenters. The molecule has 2 heterocycles. The van der Waals surface area contributed by atoms with Crippen molar-refractivity contribution in [2.45, 2.75) is 13.8 Å². The number of aromatic amines is 1. The lowest BCUT2D eigenvalue weighted by molar-refractivity contribution is 0.881. The second kappa shape index (κ2) is 2.91. The molecule has 3 aromatic rings. The van der Waals surface area contributed by atoms with Crippen LogP contribution in [0.4, 0.5) is 0 Å². The molecule has 0 radical (unpaired) electrons. The van der Waals surface area contributed by atoms with E-state index in [-0.39, 0.29) is 5.69 Å². The first-order chi connectivity index (χ1) is 7.68. The zero-order chi connectivity index (χ0) is 11.3. The van der Waals surface area contributed by atoms with E-state index in [0.717, 1.165) is 10.9 Å². The first-order valence-electron chi connectivity index (χ1n) is 5.01. The molecule has 0 saturated heterocycles. The van der Waals surface area contributed by atoms with E-state index in [1.54, 1.807) is 0 Å². The Labute approximate surface area is 90.8 Å². The molecule has 5 nitrogen and oxygen atoms in total. The molecule has 1 aromatic carbocycles. The molecule has 5 heteroatoms. The first kappa shape index (κ1) is 9.08. The van der Waals surface area contributed by atoms with E-state index in [0.29, 0.717) is 11.2 Å². The summed E-state index contributed by atoms with van der Waals surface area (Å²) in [5.74, 6) is 0. The van der Waals surface area contributed by atoms with Crippen LogP contribution in [0.1, 0.15) is 11.1 Å². The standard InChI is InChI=1S/C11H10N4O/c1-6-3-4-8-9(7(6)2)10-12-5-13-15(10)11(16)14-8/h3-5H,1-2H3,(H,12,13). The Morgan fingerprint density at radius 3 is 2.94 bits per heavy atom. The summed E-state index contributed by atoms with van der Waals surface area (Å²) in [5, 5.41) is 4.88. The fourth-order valence-corrected chi connectivity index (χ4v) is 1.93. The van der Waals surface area contributed by atoms with Gasteiger partial charge in [0.1, 0.15) is 12.0 Å². The van der Waals surface area contributed by atoms with Crippen LogP contribution in [0, 0.1) is 13.8 Å². The van der Waals surface area contributed by atoms with Crippen LogP contribution in [-0.4, -0.2) is 19.6 Å². The predicted octanol–water partition coefficient (Wildman–Crippen LogP) is 1.19. The van der Waals surface area contributed by atoms with Crippen LogP contribution in [0.2, 0.25) is 0 Å². The zero-order valence-electron chi connectivity index (χ0n) is 8.98. The molecule has 0 spiro atoms. The van der Waals surface area contributed by atoms with E-state index >= 15 is 0 Å².